The number of hydrogen-bond acceptors (Lipinski definition) is 5. The van der Waals surface area contributed by atoms with Crippen molar-refractivity contribution >= 4 is 0 Å². The normalized spacial score (nSPS) is 14.9. The average molecular weight is 281 g/mol. The van der Waals surface area contributed by atoms with Crippen LogP contribution in [0.25, 0.3) is 0 Å². The van der Waals surface area contributed by atoms with E-state index in [0.29, 0.717) is 24.9 Å². The molecule has 1 aliphatic rings. The van der Waals surface area contributed by atoms with Gasteiger partial charge in [-0.3, -0.25) is 0 Å². The van der Waals surface area contributed by atoms with E-state index in [1.54, 1.807) is 14.2 Å². The number of nitrogens with one attached hydrogen (secondary N) is 1. The molecule has 1 aromatic carbocycles. The summed E-state index contributed by atoms with van der Waals surface area (Å²) in [5, 5.41) is 3.41. The predicted octanol–water partition coefficient (Wildman–Crippen LogP) is 1.84. The van der Waals surface area contributed by atoms with Crippen molar-refractivity contribution in [3.05, 3.63) is 17.7 Å². The van der Waals surface area contributed by atoms with E-state index in [1.807, 2.05) is 12.1 Å². The van der Waals surface area contributed by atoms with Crippen LogP contribution in [0.4, 0.5) is 0 Å². The Balaban J connectivity index is 1.98. The van der Waals surface area contributed by atoms with E-state index in [2.05, 4.69) is 12.2 Å². The summed E-state index contributed by atoms with van der Waals surface area (Å²) < 4.78 is 21.7. The molecular weight excluding hydrogens is 258 g/mol. The zero-order valence-corrected chi connectivity index (χ0v) is 12.4. The van der Waals surface area contributed by atoms with Gasteiger partial charge in [-0.25, -0.2) is 0 Å². The van der Waals surface area contributed by atoms with E-state index >= 15 is 0 Å². The van der Waals surface area contributed by atoms with Crippen molar-refractivity contribution in [2.24, 2.45) is 5.92 Å². The molecule has 5 nitrogen and oxygen atoms in total. The SMILES string of the molecule is COCC(C)CNCc1cc(OC)c2c(c1)OCCO2. The molecule has 0 fully saturated rings. The molecule has 1 N–H and O–H groups in total. The maximum absolute atomic E-state index is 5.62. The highest BCUT2D eigenvalue weighted by Gasteiger charge is 2.18. The van der Waals surface area contributed by atoms with Crippen molar-refractivity contribution in [1.29, 1.82) is 0 Å². The number of benzene rings is 1. The van der Waals surface area contributed by atoms with Gasteiger partial charge in [0.25, 0.3) is 0 Å². The highest BCUT2D eigenvalue weighted by molar-refractivity contribution is 5.54. The fourth-order valence-electron chi connectivity index (χ4n) is 2.24. The Kier molecular flexibility index (Phi) is 5.49. The lowest BCUT2D eigenvalue weighted by Crippen LogP contribution is -2.23. The fraction of sp³-hybridized carbons (Fsp3) is 0.600. The monoisotopic (exact) mass is 281 g/mol. The van der Waals surface area contributed by atoms with Gasteiger partial charge in [0, 0.05) is 26.8 Å². The lowest BCUT2D eigenvalue weighted by atomic mass is 10.1. The van der Waals surface area contributed by atoms with Gasteiger partial charge in [-0.1, -0.05) is 6.92 Å². The molecule has 1 aromatic rings. The third-order valence-corrected chi connectivity index (χ3v) is 3.16. The molecule has 5 heteroatoms. The standard InChI is InChI=1S/C15H23NO4/c1-11(10-17-2)8-16-9-12-6-13(18-3)15-14(7-12)19-4-5-20-15/h6-7,11,16H,4-5,8-10H2,1-3H3. The Bertz CT molecular complexity index is 419. The Labute approximate surface area is 120 Å². The third kappa shape index (κ3) is 3.77. The van der Waals surface area contributed by atoms with Gasteiger partial charge >= 0.3 is 0 Å². The first-order chi connectivity index (χ1) is 9.74. The molecule has 1 heterocycles. The fourth-order valence-corrected chi connectivity index (χ4v) is 2.24. The molecule has 112 valence electrons. The lowest BCUT2D eigenvalue weighted by molar-refractivity contribution is 0.158. The van der Waals surface area contributed by atoms with Crippen LogP contribution >= 0.6 is 0 Å². The average Bonchev–Trinajstić information content (AvgIpc) is 2.46. The second-order valence-corrected chi connectivity index (χ2v) is 5.01. The second kappa shape index (κ2) is 7.36. The van der Waals surface area contributed by atoms with Crippen LogP contribution in [0.15, 0.2) is 12.1 Å². The molecule has 1 unspecified atom stereocenters. The number of rotatable bonds is 7. The second-order valence-electron chi connectivity index (χ2n) is 5.01. The minimum absolute atomic E-state index is 0.485. The first-order valence-corrected chi connectivity index (χ1v) is 6.90. The van der Waals surface area contributed by atoms with E-state index in [0.717, 1.165) is 36.8 Å². The molecule has 1 atom stereocenters. The maximum atomic E-state index is 5.62. The topological polar surface area (TPSA) is 49.0 Å². The Morgan fingerprint density at radius 3 is 2.80 bits per heavy atom. The van der Waals surface area contributed by atoms with Gasteiger partial charge in [-0.15, -0.1) is 0 Å². The molecule has 0 aromatic heterocycles. The summed E-state index contributed by atoms with van der Waals surface area (Å²) in [4.78, 5) is 0. The van der Waals surface area contributed by atoms with Crippen molar-refractivity contribution in [1.82, 2.24) is 5.32 Å². The number of hydrogen-bond donors (Lipinski definition) is 1. The number of fused-ring (bicyclic) bond motifs is 1. The molecule has 0 saturated heterocycles. The summed E-state index contributed by atoms with van der Waals surface area (Å²) in [6.07, 6.45) is 0. The molecule has 0 saturated carbocycles. The Hall–Kier alpha value is -1.46. The van der Waals surface area contributed by atoms with Crippen LogP contribution in [-0.4, -0.2) is 40.6 Å². The molecule has 20 heavy (non-hydrogen) atoms. The van der Waals surface area contributed by atoms with Gasteiger partial charge < -0.3 is 24.3 Å². The molecule has 0 radical (unpaired) electrons. The smallest absolute Gasteiger partial charge is 0.203 e. The first-order valence-electron chi connectivity index (χ1n) is 6.90. The highest BCUT2D eigenvalue weighted by Crippen LogP contribution is 2.40. The summed E-state index contributed by atoms with van der Waals surface area (Å²) in [6.45, 7) is 5.73. The zero-order chi connectivity index (χ0) is 14.4. The van der Waals surface area contributed by atoms with E-state index in [1.165, 1.54) is 0 Å². The van der Waals surface area contributed by atoms with Crippen LogP contribution in [-0.2, 0) is 11.3 Å². The first kappa shape index (κ1) is 14.9. The number of methoxy groups -OCH3 is 2. The molecule has 0 amide bonds. The maximum Gasteiger partial charge on any atom is 0.203 e. The van der Waals surface area contributed by atoms with Gasteiger partial charge in [-0.2, -0.15) is 0 Å². The van der Waals surface area contributed by atoms with Crippen molar-refractivity contribution < 1.29 is 18.9 Å². The molecule has 0 spiro atoms. The van der Waals surface area contributed by atoms with Crippen LogP contribution in [0.2, 0.25) is 0 Å². The van der Waals surface area contributed by atoms with Gasteiger partial charge in [0.15, 0.2) is 11.5 Å². The molecule has 0 bridgehead atoms. The minimum atomic E-state index is 0.485. The van der Waals surface area contributed by atoms with E-state index in [9.17, 15) is 0 Å². The summed E-state index contributed by atoms with van der Waals surface area (Å²) in [5.41, 5.74) is 1.12. The van der Waals surface area contributed by atoms with Crippen LogP contribution in [0.3, 0.4) is 0 Å². The van der Waals surface area contributed by atoms with Crippen molar-refractivity contribution in [2.75, 3.05) is 40.6 Å². The minimum Gasteiger partial charge on any atom is -0.493 e. The van der Waals surface area contributed by atoms with Gasteiger partial charge in [0.2, 0.25) is 5.75 Å². The molecular formula is C15H23NO4. The van der Waals surface area contributed by atoms with Crippen LogP contribution in [0.1, 0.15) is 12.5 Å². The van der Waals surface area contributed by atoms with E-state index < -0.39 is 0 Å². The van der Waals surface area contributed by atoms with Crippen LogP contribution in [0.5, 0.6) is 17.2 Å². The zero-order valence-electron chi connectivity index (χ0n) is 12.4. The van der Waals surface area contributed by atoms with Crippen molar-refractivity contribution in [3.63, 3.8) is 0 Å². The van der Waals surface area contributed by atoms with Crippen molar-refractivity contribution in [3.8, 4) is 17.2 Å². The summed E-state index contributed by atoms with van der Waals surface area (Å²) >= 11 is 0. The van der Waals surface area contributed by atoms with E-state index in [-0.39, 0.29) is 0 Å². The van der Waals surface area contributed by atoms with Crippen LogP contribution < -0.4 is 19.5 Å². The number of ether oxygens (including phenoxy) is 4. The Morgan fingerprint density at radius 2 is 2.05 bits per heavy atom. The van der Waals surface area contributed by atoms with Crippen molar-refractivity contribution in [2.45, 2.75) is 13.5 Å². The predicted molar refractivity (Wildman–Crippen MR) is 76.7 cm³/mol. The molecule has 0 aliphatic carbocycles. The van der Waals surface area contributed by atoms with Gasteiger partial charge in [-0.05, 0) is 23.6 Å². The van der Waals surface area contributed by atoms with Gasteiger partial charge in [0.1, 0.15) is 13.2 Å². The quantitative estimate of drug-likeness (QED) is 0.826. The molecule has 2 rings (SSSR count). The summed E-state index contributed by atoms with van der Waals surface area (Å²) in [7, 11) is 3.37. The highest BCUT2D eigenvalue weighted by atomic mass is 16.6. The summed E-state index contributed by atoms with van der Waals surface area (Å²) in [6, 6.07) is 3.99. The van der Waals surface area contributed by atoms with Crippen LogP contribution in [0, 0.1) is 5.92 Å². The third-order valence-electron chi connectivity index (χ3n) is 3.16. The largest absolute Gasteiger partial charge is 0.493 e. The lowest BCUT2D eigenvalue weighted by Gasteiger charge is -2.21. The summed E-state index contributed by atoms with van der Waals surface area (Å²) in [5.74, 6) is 2.68. The molecule has 1 aliphatic heterocycles. The van der Waals surface area contributed by atoms with Gasteiger partial charge in [0.05, 0.1) is 7.11 Å². The Morgan fingerprint density at radius 1 is 1.25 bits per heavy atom. The van der Waals surface area contributed by atoms with E-state index in [4.69, 9.17) is 18.9 Å².